The van der Waals surface area contributed by atoms with Gasteiger partial charge in [-0.15, -0.1) is 33.6 Å². The second kappa shape index (κ2) is 13.1. The molecule has 2 aromatic carbocycles. The number of rotatable bonds is 10. The average Bonchev–Trinajstić information content (AvgIpc) is 3.58. The minimum atomic E-state index is -4.81. The minimum Gasteiger partial charge on any atom is -0.406 e. The smallest absolute Gasteiger partial charge is 0.406 e. The van der Waals surface area contributed by atoms with Crippen LogP contribution in [0.2, 0.25) is 0 Å². The number of hydrogen-bond acceptors (Lipinski definition) is 11. The molecular weight excluding hydrogens is 593 g/mol. The molecule has 5 rings (SSSR count). The summed E-state index contributed by atoms with van der Waals surface area (Å²) in [5.41, 5.74) is 1.28. The molecule has 2 aromatic heterocycles. The molecule has 0 aliphatic carbocycles. The van der Waals surface area contributed by atoms with Gasteiger partial charge in [0.1, 0.15) is 5.75 Å². The lowest BCUT2D eigenvalue weighted by Crippen LogP contribution is -2.39. The van der Waals surface area contributed by atoms with Crippen molar-refractivity contribution in [3.05, 3.63) is 65.7 Å². The van der Waals surface area contributed by atoms with Gasteiger partial charge in [0.05, 0.1) is 12.8 Å². The zero-order chi connectivity index (χ0) is 29.5. The van der Waals surface area contributed by atoms with Gasteiger partial charge in [-0.25, -0.2) is 0 Å². The molecule has 2 amide bonds. The second-order valence-electron chi connectivity index (χ2n) is 9.34. The number of anilines is 4. The molecule has 220 valence electrons. The Morgan fingerprint density at radius 1 is 0.833 bits per heavy atom. The Kier molecular flexibility index (Phi) is 9.12. The standard InChI is InChI=1S/C26H25F3N8O3S2/c27-26(28,29)40-19-8-4-7-17(13-19)15-21(39)32-24-35-36-25(42-24)37-11-9-18(10-12-37)30-22-33-34-23(41-22)31-20(38)14-16-5-2-1-3-6-16/h1-8,13,18H,9-12,14-15H2,(H,30,33)(H,31,34,38)(H,32,35,39). The quantitative estimate of drug-likeness (QED) is 0.231. The van der Waals surface area contributed by atoms with Gasteiger partial charge in [0.25, 0.3) is 0 Å². The summed E-state index contributed by atoms with van der Waals surface area (Å²) in [6.45, 7) is 1.40. The van der Waals surface area contributed by atoms with E-state index in [9.17, 15) is 22.8 Å². The van der Waals surface area contributed by atoms with Crippen molar-refractivity contribution < 1.29 is 27.5 Å². The molecule has 0 saturated carbocycles. The van der Waals surface area contributed by atoms with Gasteiger partial charge in [-0.05, 0) is 36.1 Å². The molecule has 3 N–H and O–H groups in total. The Labute approximate surface area is 246 Å². The van der Waals surface area contributed by atoms with Crippen LogP contribution < -0.4 is 25.6 Å². The number of nitrogens with zero attached hydrogens (tertiary/aromatic N) is 5. The third-order valence-electron chi connectivity index (χ3n) is 6.13. The van der Waals surface area contributed by atoms with Crippen LogP contribution in [0.4, 0.5) is 33.7 Å². The van der Waals surface area contributed by atoms with Crippen LogP contribution >= 0.6 is 22.7 Å². The number of hydrogen-bond donors (Lipinski definition) is 3. The summed E-state index contributed by atoms with van der Waals surface area (Å²) in [6.07, 6.45) is -3.10. The highest BCUT2D eigenvalue weighted by Crippen LogP contribution is 2.29. The van der Waals surface area contributed by atoms with Crippen LogP contribution in [-0.2, 0) is 22.4 Å². The Bertz CT molecular complexity index is 1510. The Morgan fingerprint density at radius 2 is 1.45 bits per heavy atom. The van der Waals surface area contributed by atoms with E-state index in [4.69, 9.17) is 0 Å². The first-order valence-electron chi connectivity index (χ1n) is 12.9. The van der Waals surface area contributed by atoms with E-state index < -0.39 is 12.3 Å². The summed E-state index contributed by atoms with van der Waals surface area (Å²) < 4.78 is 41.3. The summed E-state index contributed by atoms with van der Waals surface area (Å²) in [6, 6.07) is 14.9. The van der Waals surface area contributed by atoms with Gasteiger partial charge in [-0.2, -0.15) is 0 Å². The molecule has 1 aliphatic rings. The molecule has 1 aliphatic heterocycles. The highest BCUT2D eigenvalue weighted by atomic mass is 32.1. The minimum absolute atomic E-state index is 0.148. The van der Waals surface area contributed by atoms with Gasteiger partial charge >= 0.3 is 6.36 Å². The molecule has 42 heavy (non-hydrogen) atoms. The molecule has 1 saturated heterocycles. The van der Waals surface area contributed by atoms with Crippen molar-refractivity contribution in [3.63, 3.8) is 0 Å². The maximum absolute atomic E-state index is 12.5. The summed E-state index contributed by atoms with van der Waals surface area (Å²) in [5.74, 6) is -0.979. The van der Waals surface area contributed by atoms with E-state index >= 15 is 0 Å². The Morgan fingerprint density at radius 3 is 2.17 bits per heavy atom. The third-order valence-corrected chi connectivity index (χ3v) is 7.80. The molecule has 0 unspecified atom stereocenters. The number of alkyl halides is 3. The predicted molar refractivity (Wildman–Crippen MR) is 153 cm³/mol. The lowest BCUT2D eigenvalue weighted by atomic mass is 10.1. The van der Waals surface area contributed by atoms with Gasteiger partial charge in [0, 0.05) is 19.1 Å². The molecule has 1 fully saturated rings. The molecule has 16 heteroatoms. The lowest BCUT2D eigenvalue weighted by molar-refractivity contribution is -0.274. The average molecular weight is 619 g/mol. The first-order valence-corrected chi connectivity index (χ1v) is 14.5. The van der Waals surface area contributed by atoms with Crippen molar-refractivity contribution in [2.24, 2.45) is 0 Å². The van der Waals surface area contributed by atoms with Crippen LogP contribution in [0.25, 0.3) is 0 Å². The number of halogens is 3. The Balaban J connectivity index is 1.05. The predicted octanol–water partition coefficient (Wildman–Crippen LogP) is 4.73. The number of benzene rings is 2. The zero-order valence-electron chi connectivity index (χ0n) is 21.9. The fraction of sp³-hybridized carbons (Fsp3) is 0.308. The largest absolute Gasteiger partial charge is 0.573 e. The van der Waals surface area contributed by atoms with E-state index in [0.29, 0.717) is 39.2 Å². The second-order valence-corrected chi connectivity index (χ2v) is 11.3. The van der Waals surface area contributed by atoms with E-state index in [0.717, 1.165) is 18.4 Å². The number of aromatic nitrogens is 4. The molecule has 0 bridgehead atoms. The van der Waals surface area contributed by atoms with Crippen LogP contribution in [0, 0.1) is 0 Å². The van der Waals surface area contributed by atoms with Crippen LogP contribution in [0.3, 0.4) is 0 Å². The summed E-state index contributed by atoms with van der Waals surface area (Å²) in [7, 11) is 0. The fourth-order valence-corrected chi connectivity index (χ4v) is 5.81. The van der Waals surface area contributed by atoms with Crippen molar-refractivity contribution in [1.29, 1.82) is 0 Å². The molecule has 0 atom stereocenters. The van der Waals surface area contributed by atoms with Gasteiger partial charge in [-0.3, -0.25) is 9.59 Å². The zero-order valence-corrected chi connectivity index (χ0v) is 23.6. The third kappa shape index (κ3) is 8.59. The molecule has 4 aromatic rings. The van der Waals surface area contributed by atoms with Crippen molar-refractivity contribution >= 4 is 55.0 Å². The lowest BCUT2D eigenvalue weighted by Gasteiger charge is -2.31. The van der Waals surface area contributed by atoms with Crippen LogP contribution in [0.15, 0.2) is 54.6 Å². The number of carbonyl (C=O) groups excluding carboxylic acids is 2. The van der Waals surface area contributed by atoms with Crippen molar-refractivity contribution in [2.45, 2.75) is 38.1 Å². The number of ether oxygens (including phenoxy) is 1. The first kappa shape index (κ1) is 29.2. The molecular formula is C26H25F3N8O3S2. The maximum atomic E-state index is 12.5. The van der Waals surface area contributed by atoms with Gasteiger partial charge in [0.2, 0.25) is 32.3 Å². The van der Waals surface area contributed by atoms with E-state index in [2.05, 4.69) is 46.0 Å². The fourth-order valence-electron chi connectivity index (χ4n) is 4.26. The van der Waals surface area contributed by atoms with Crippen molar-refractivity contribution in [1.82, 2.24) is 20.4 Å². The first-order chi connectivity index (χ1) is 20.2. The van der Waals surface area contributed by atoms with Crippen LogP contribution in [0.5, 0.6) is 5.75 Å². The molecule has 3 heterocycles. The highest BCUT2D eigenvalue weighted by Gasteiger charge is 2.31. The van der Waals surface area contributed by atoms with E-state index in [1.165, 1.54) is 46.9 Å². The number of piperidine rings is 1. The van der Waals surface area contributed by atoms with Crippen LogP contribution in [-0.4, -0.2) is 57.7 Å². The van der Waals surface area contributed by atoms with Crippen LogP contribution in [0.1, 0.15) is 24.0 Å². The van der Waals surface area contributed by atoms with Crippen molar-refractivity contribution in [2.75, 3.05) is 33.9 Å². The van der Waals surface area contributed by atoms with Gasteiger partial charge in [-0.1, -0.05) is 65.1 Å². The molecule has 0 radical (unpaired) electrons. The summed E-state index contributed by atoms with van der Waals surface area (Å²) in [4.78, 5) is 26.8. The number of carbonyl (C=O) groups is 2. The van der Waals surface area contributed by atoms with Gasteiger partial charge in [0.15, 0.2) is 0 Å². The maximum Gasteiger partial charge on any atom is 0.573 e. The molecule has 11 nitrogen and oxygen atoms in total. The van der Waals surface area contributed by atoms with Crippen molar-refractivity contribution in [3.8, 4) is 5.75 Å². The van der Waals surface area contributed by atoms with E-state index in [-0.39, 0.29) is 30.5 Å². The topological polar surface area (TPSA) is 134 Å². The summed E-state index contributed by atoms with van der Waals surface area (Å²) in [5, 5.41) is 27.2. The summed E-state index contributed by atoms with van der Waals surface area (Å²) >= 11 is 2.50. The Hall–Kier alpha value is -4.31. The normalized spacial score (nSPS) is 13.9. The SMILES string of the molecule is O=C(Cc1ccccc1)Nc1nnc(NC2CCN(c3nnc(NC(=O)Cc4cccc(OC(F)(F)F)c4)s3)CC2)s1. The molecule has 0 spiro atoms. The van der Waals surface area contributed by atoms with E-state index in [1.54, 1.807) is 0 Å². The number of amides is 2. The monoisotopic (exact) mass is 618 g/mol. The highest BCUT2D eigenvalue weighted by molar-refractivity contribution is 7.19. The van der Waals surface area contributed by atoms with E-state index in [1.807, 2.05) is 30.3 Å². The van der Waals surface area contributed by atoms with Gasteiger partial charge < -0.3 is 25.6 Å². The number of nitrogens with one attached hydrogen (secondary N) is 3.